The normalized spacial score (nSPS) is 22.3. The van der Waals surface area contributed by atoms with E-state index < -0.39 is 0 Å². The lowest BCUT2D eigenvalue weighted by Crippen LogP contribution is -2.42. The fourth-order valence-corrected chi connectivity index (χ4v) is 3.10. The number of β-amino-alcohol motifs (C(OH)–C–C–N with tert-alkyl or cyclic N) is 1. The van der Waals surface area contributed by atoms with Crippen LogP contribution in [0.1, 0.15) is 18.7 Å². The number of aryl methyl sites for hydroxylation is 1. The molecule has 3 heterocycles. The first-order valence-corrected chi connectivity index (χ1v) is 8.06. The van der Waals surface area contributed by atoms with Crippen LogP contribution in [0, 0.1) is 6.92 Å². The second-order valence-electron chi connectivity index (χ2n) is 5.94. The fraction of sp³-hybridized carbons (Fsp3) is 0.667. The molecule has 8 heteroatoms. The Balaban J connectivity index is 1.55. The summed E-state index contributed by atoms with van der Waals surface area (Å²) in [5, 5.41) is 22.6. The summed E-state index contributed by atoms with van der Waals surface area (Å²) in [5.41, 5.74) is 0. The summed E-state index contributed by atoms with van der Waals surface area (Å²) in [6.07, 6.45) is 3.38. The molecule has 1 saturated heterocycles. The Hall–Kier alpha value is -1.77. The second kappa shape index (κ2) is 7.20. The molecule has 0 saturated carbocycles. The van der Waals surface area contributed by atoms with Crippen molar-refractivity contribution >= 4 is 0 Å². The van der Waals surface area contributed by atoms with Crippen LogP contribution < -0.4 is 0 Å². The summed E-state index contributed by atoms with van der Waals surface area (Å²) in [7, 11) is 0. The van der Waals surface area contributed by atoms with Gasteiger partial charge in [-0.05, 0) is 12.6 Å². The summed E-state index contributed by atoms with van der Waals surface area (Å²) < 4.78 is 7.38. The predicted molar refractivity (Wildman–Crippen MR) is 83.6 cm³/mol. The van der Waals surface area contributed by atoms with Gasteiger partial charge in [-0.2, -0.15) is 5.10 Å². The largest absolute Gasteiger partial charge is 0.424 e. The molecule has 2 aromatic heterocycles. The minimum Gasteiger partial charge on any atom is -0.424 e. The third-order valence-electron chi connectivity index (χ3n) is 4.32. The van der Waals surface area contributed by atoms with Crippen molar-refractivity contribution in [3.63, 3.8) is 0 Å². The molecule has 0 amide bonds. The van der Waals surface area contributed by atoms with E-state index in [1.165, 1.54) is 0 Å². The first-order valence-electron chi connectivity index (χ1n) is 8.06. The van der Waals surface area contributed by atoms with Gasteiger partial charge in [0, 0.05) is 39.0 Å². The van der Waals surface area contributed by atoms with Crippen LogP contribution >= 0.6 is 0 Å². The van der Waals surface area contributed by atoms with Gasteiger partial charge < -0.3 is 9.52 Å². The van der Waals surface area contributed by atoms with Crippen LogP contribution in [0.5, 0.6) is 0 Å². The number of likely N-dealkylation sites (N-methyl/N-ethyl adjacent to an activating group) is 1. The highest BCUT2D eigenvalue weighted by molar-refractivity contribution is 4.92. The highest BCUT2D eigenvalue weighted by Gasteiger charge is 2.35. The van der Waals surface area contributed by atoms with Gasteiger partial charge in [0.05, 0.1) is 25.2 Å². The summed E-state index contributed by atoms with van der Waals surface area (Å²) in [4.78, 5) is 4.48. The topological polar surface area (TPSA) is 83.5 Å². The Morgan fingerprint density at radius 1 is 1.35 bits per heavy atom. The summed E-state index contributed by atoms with van der Waals surface area (Å²) >= 11 is 0. The maximum absolute atomic E-state index is 10.4. The van der Waals surface area contributed by atoms with E-state index in [1.807, 2.05) is 16.9 Å². The highest BCUT2D eigenvalue weighted by Crippen LogP contribution is 2.18. The lowest BCUT2D eigenvalue weighted by molar-refractivity contribution is 0.0760. The van der Waals surface area contributed by atoms with E-state index in [-0.39, 0.29) is 12.1 Å². The molecule has 0 unspecified atom stereocenters. The number of nitrogens with zero attached hydrogens (tertiary/aromatic N) is 6. The minimum atomic E-state index is -0.364. The number of aromatic nitrogens is 4. The molecule has 1 fully saturated rings. The molecule has 0 aromatic carbocycles. The van der Waals surface area contributed by atoms with Crippen molar-refractivity contribution < 1.29 is 9.52 Å². The second-order valence-corrected chi connectivity index (χ2v) is 5.94. The van der Waals surface area contributed by atoms with E-state index in [4.69, 9.17) is 4.42 Å². The summed E-state index contributed by atoms with van der Waals surface area (Å²) in [6, 6.07) is 2.01. The van der Waals surface area contributed by atoms with Crippen molar-refractivity contribution in [3.05, 3.63) is 30.2 Å². The molecule has 8 nitrogen and oxygen atoms in total. The minimum absolute atomic E-state index is 0.0878. The van der Waals surface area contributed by atoms with Crippen molar-refractivity contribution in [2.45, 2.75) is 39.1 Å². The van der Waals surface area contributed by atoms with Crippen molar-refractivity contribution in [2.75, 3.05) is 26.2 Å². The van der Waals surface area contributed by atoms with Crippen LogP contribution in [0.25, 0.3) is 0 Å². The molecule has 0 aliphatic carbocycles. The molecular formula is C15H24N6O2. The third kappa shape index (κ3) is 3.95. The fourth-order valence-electron chi connectivity index (χ4n) is 3.10. The van der Waals surface area contributed by atoms with Crippen molar-refractivity contribution in [1.82, 2.24) is 29.8 Å². The quantitative estimate of drug-likeness (QED) is 0.777. The monoisotopic (exact) mass is 320 g/mol. The molecule has 1 N–H and O–H groups in total. The molecule has 2 aromatic rings. The van der Waals surface area contributed by atoms with Gasteiger partial charge in [-0.3, -0.25) is 14.5 Å². The van der Waals surface area contributed by atoms with Gasteiger partial charge in [-0.1, -0.05) is 6.92 Å². The standard InChI is InChI=1S/C15H24N6O2/c1-3-20(11-15-18-17-12(2)23-15)13-9-19(10-14(13)22)7-8-21-6-4-5-16-21/h4-6,13-14,22H,3,7-11H2,1-2H3/t13-,14-/m1/s1. The Bertz CT molecular complexity index is 599. The van der Waals surface area contributed by atoms with E-state index in [0.717, 1.165) is 26.2 Å². The van der Waals surface area contributed by atoms with Gasteiger partial charge in [-0.15, -0.1) is 10.2 Å². The van der Waals surface area contributed by atoms with E-state index in [2.05, 4.69) is 32.0 Å². The maximum atomic E-state index is 10.4. The summed E-state index contributed by atoms with van der Waals surface area (Å²) in [6.45, 7) is 8.52. The zero-order valence-electron chi connectivity index (χ0n) is 13.7. The number of hydrogen-bond donors (Lipinski definition) is 1. The smallest absolute Gasteiger partial charge is 0.230 e. The number of aliphatic hydroxyl groups excluding tert-OH is 1. The Kier molecular flexibility index (Phi) is 5.04. The van der Waals surface area contributed by atoms with Crippen LogP contribution in [-0.2, 0) is 13.1 Å². The lowest BCUT2D eigenvalue weighted by Gasteiger charge is -2.28. The first-order chi connectivity index (χ1) is 11.2. The number of hydrogen-bond acceptors (Lipinski definition) is 7. The van der Waals surface area contributed by atoms with Crippen LogP contribution in [0.15, 0.2) is 22.9 Å². The van der Waals surface area contributed by atoms with Gasteiger partial charge >= 0.3 is 0 Å². The van der Waals surface area contributed by atoms with Gasteiger partial charge in [0.1, 0.15) is 0 Å². The average molecular weight is 320 g/mol. The van der Waals surface area contributed by atoms with Crippen molar-refractivity contribution in [1.29, 1.82) is 0 Å². The van der Waals surface area contributed by atoms with E-state index in [0.29, 0.717) is 24.9 Å². The molecule has 1 aliphatic rings. The van der Waals surface area contributed by atoms with Gasteiger partial charge in [0.15, 0.2) is 0 Å². The predicted octanol–water partition coefficient (Wildman–Crippen LogP) is 0.142. The Labute approximate surface area is 135 Å². The Morgan fingerprint density at radius 2 is 2.22 bits per heavy atom. The first kappa shape index (κ1) is 16.1. The van der Waals surface area contributed by atoms with Crippen molar-refractivity contribution in [3.8, 4) is 0 Å². The van der Waals surface area contributed by atoms with E-state index in [9.17, 15) is 5.11 Å². The average Bonchev–Trinajstić information content (AvgIpc) is 3.25. The zero-order valence-corrected chi connectivity index (χ0v) is 13.7. The molecule has 0 spiro atoms. The van der Waals surface area contributed by atoms with Crippen LogP contribution in [-0.4, -0.2) is 73.2 Å². The maximum Gasteiger partial charge on any atom is 0.230 e. The molecular weight excluding hydrogens is 296 g/mol. The molecule has 0 bridgehead atoms. The third-order valence-corrected chi connectivity index (χ3v) is 4.32. The molecule has 126 valence electrons. The highest BCUT2D eigenvalue weighted by atomic mass is 16.4. The SMILES string of the molecule is CCN(Cc1nnc(C)o1)[C@@H]1CN(CCn2cccn2)C[C@H]1O. The lowest BCUT2D eigenvalue weighted by atomic mass is 10.2. The number of aliphatic hydroxyl groups is 1. The van der Waals surface area contributed by atoms with Crippen LogP contribution in [0.3, 0.4) is 0 Å². The van der Waals surface area contributed by atoms with Crippen LogP contribution in [0.2, 0.25) is 0 Å². The van der Waals surface area contributed by atoms with Crippen LogP contribution in [0.4, 0.5) is 0 Å². The number of rotatable bonds is 7. The molecule has 23 heavy (non-hydrogen) atoms. The molecule has 0 radical (unpaired) electrons. The van der Waals surface area contributed by atoms with Gasteiger partial charge in [0.25, 0.3) is 0 Å². The zero-order chi connectivity index (χ0) is 16.2. The summed E-state index contributed by atoms with van der Waals surface area (Å²) in [5.74, 6) is 1.18. The molecule has 1 aliphatic heterocycles. The molecule has 3 rings (SSSR count). The van der Waals surface area contributed by atoms with E-state index >= 15 is 0 Å². The van der Waals surface area contributed by atoms with E-state index in [1.54, 1.807) is 13.1 Å². The van der Waals surface area contributed by atoms with Gasteiger partial charge in [-0.25, -0.2) is 0 Å². The number of likely N-dealkylation sites (tertiary alicyclic amines) is 1. The molecule has 2 atom stereocenters. The Morgan fingerprint density at radius 3 is 2.87 bits per heavy atom. The van der Waals surface area contributed by atoms with Gasteiger partial charge in [0.2, 0.25) is 11.8 Å². The van der Waals surface area contributed by atoms with Crippen molar-refractivity contribution in [2.24, 2.45) is 0 Å².